The summed E-state index contributed by atoms with van der Waals surface area (Å²) in [7, 11) is 0. The highest BCUT2D eigenvalue weighted by atomic mass is 16.4. The van der Waals surface area contributed by atoms with Crippen molar-refractivity contribution in [2.75, 3.05) is 0 Å². The Labute approximate surface area is 99.1 Å². The van der Waals surface area contributed by atoms with Crippen molar-refractivity contribution >= 4 is 18.0 Å². The van der Waals surface area contributed by atoms with Gasteiger partial charge in [0.05, 0.1) is 6.26 Å². The van der Waals surface area contributed by atoms with Gasteiger partial charge in [-0.15, -0.1) is 0 Å². The third-order valence-electron chi connectivity index (χ3n) is 2.52. The fourth-order valence-corrected chi connectivity index (χ4v) is 1.15. The number of carboxylic acids is 1. The summed E-state index contributed by atoms with van der Waals surface area (Å²) < 4.78 is 5.00. The molecule has 17 heavy (non-hydrogen) atoms. The zero-order valence-corrected chi connectivity index (χ0v) is 9.77. The molecular formula is C12H15NO4. The second kappa shape index (κ2) is 5.34. The maximum atomic E-state index is 11.5. The van der Waals surface area contributed by atoms with Crippen LogP contribution in [0.1, 0.15) is 26.0 Å². The highest BCUT2D eigenvalue weighted by Gasteiger charge is 2.31. The first kappa shape index (κ1) is 13.0. The second-order valence-corrected chi connectivity index (χ2v) is 3.83. The third-order valence-corrected chi connectivity index (χ3v) is 2.52. The summed E-state index contributed by atoms with van der Waals surface area (Å²) in [6.07, 6.45) is 4.52. The lowest BCUT2D eigenvalue weighted by Crippen LogP contribution is -2.51. The first-order chi connectivity index (χ1) is 7.98. The van der Waals surface area contributed by atoms with E-state index >= 15 is 0 Å². The summed E-state index contributed by atoms with van der Waals surface area (Å²) in [5.41, 5.74) is -1.25. The van der Waals surface area contributed by atoms with Gasteiger partial charge in [-0.05, 0) is 31.6 Å². The van der Waals surface area contributed by atoms with Gasteiger partial charge in [0.15, 0.2) is 0 Å². The van der Waals surface area contributed by atoms with E-state index in [-0.39, 0.29) is 0 Å². The lowest BCUT2D eigenvalue weighted by molar-refractivity contribution is -0.146. The molecule has 1 rings (SSSR count). The highest BCUT2D eigenvalue weighted by molar-refractivity contribution is 5.95. The predicted molar refractivity (Wildman–Crippen MR) is 62.2 cm³/mol. The predicted octanol–water partition coefficient (Wildman–Crippen LogP) is 1.66. The molecule has 1 aromatic heterocycles. The van der Waals surface area contributed by atoms with Crippen LogP contribution in [0, 0.1) is 0 Å². The fraction of sp³-hybridized carbons (Fsp3) is 0.333. The molecule has 5 nitrogen and oxygen atoms in total. The Morgan fingerprint density at radius 3 is 2.76 bits per heavy atom. The van der Waals surface area contributed by atoms with E-state index in [1.165, 1.54) is 25.3 Å². The van der Waals surface area contributed by atoms with E-state index in [2.05, 4.69) is 5.32 Å². The number of aliphatic carboxylic acids is 1. The molecule has 1 aromatic rings. The van der Waals surface area contributed by atoms with E-state index in [1.54, 1.807) is 19.1 Å². The van der Waals surface area contributed by atoms with Crippen LogP contribution < -0.4 is 5.32 Å². The van der Waals surface area contributed by atoms with E-state index in [0.29, 0.717) is 12.2 Å². The second-order valence-electron chi connectivity index (χ2n) is 3.83. The molecule has 0 radical (unpaired) electrons. The molecule has 0 aliphatic rings. The summed E-state index contributed by atoms with van der Waals surface area (Å²) in [5, 5.41) is 11.4. The lowest BCUT2D eigenvalue weighted by atomic mass is 9.99. The average Bonchev–Trinajstić information content (AvgIpc) is 2.78. The van der Waals surface area contributed by atoms with Crippen LogP contribution in [0.2, 0.25) is 0 Å². The van der Waals surface area contributed by atoms with Gasteiger partial charge in [-0.25, -0.2) is 4.79 Å². The van der Waals surface area contributed by atoms with E-state index in [1.807, 2.05) is 0 Å². The smallest absolute Gasteiger partial charge is 0.329 e. The molecule has 0 aliphatic carbocycles. The standard InChI is InChI=1S/C12H15NO4/c1-3-12(2,11(15)16)13-10(14)7-6-9-5-4-8-17-9/h4-8H,3H2,1-2H3,(H,13,14)(H,15,16). The van der Waals surface area contributed by atoms with E-state index < -0.39 is 17.4 Å². The van der Waals surface area contributed by atoms with Gasteiger partial charge < -0.3 is 14.8 Å². The van der Waals surface area contributed by atoms with E-state index in [0.717, 1.165) is 0 Å². The molecule has 5 heteroatoms. The van der Waals surface area contributed by atoms with Gasteiger partial charge in [0, 0.05) is 6.08 Å². The molecule has 2 N–H and O–H groups in total. The quantitative estimate of drug-likeness (QED) is 0.763. The van der Waals surface area contributed by atoms with Gasteiger partial charge in [0.2, 0.25) is 5.91 Å². The number of carboxylic acid groups (broad SMARTS) is 1. The number of rotatable bonds is 5. The number of carbonyl (C=O) groups excluding carboxylic acids is 1. The Morgan fingerprint density at radius 2 is 2.29 bits per heavy atom. The van der Waals surface area contributed by atoms with Crippen LogP contribution in [-0.2, 0) is 9.59 Å². The van der Waals surface area contributed by atoms with E-state index in [4.69, 9.17) is 9.52 Å². The number of hydrogen-bond donors (Lipinski definition) is 2. The lowest BCUT2D eigenvalue weighted by Gasteiger charge is -2.23. The van der Waals surface area contributed by atoms with Crippen molar-refractivity contribution in [2.45, 2.75) is 25.8 Å². The van der Waals surface area contributed by atoms with Crippen molar-refractivity contribution in [1.29, 1.82) is 0 Å². The van der Waals surface area contributed by atoms with Crippen LogP contribution in [0.3, 0.4) is 0 Å². The third kappa shape index (κ3) is 3.48. The van der Waals surface area contributed by atoms with Gasteiger partial charge in [-0.2, -0.15) is 0 Å². The normalized spacial score (nSPS) is 14.5. The van der Waals surface area contributed by atoms with Crippen LogP contribution in [-0.4, -0.2) is 22.5 Å². The van der Waals surface area contributed by atoms with Crippen molar-refractivity contribution in [3.05, 3.63) is 30.2 Å². The van der Waals surface area contributed by atoms with Crippen molar-refractivity contribution in [3.8, 4) is 0 Å². The summed E-state index contributed by atoms with van der Waals surface area (Å²) in [5.74, 6) is -0.985. The van der Waals surface area contributed by atoms with E-state index in [9.17, 15) is 9.59 Å². The van der Waals surface area contributed by atoms with Crippen LogP contribution in [0.5, 0.6) is 0 Å². The zero-order chi connectivity index (χ0) is 12.9. The van der Waals surface area contributed by atoms with Gasteiger partial charge in [0.1, 0.15) is 11.3 Å². The van der Waals surface area contributed by atoms with Crippen LogP contribution in [0.4, 0.5) is 0 Å². The molecule has 0 aliphatic heterocycles. The number of nitrogens with one attached hydrogen (secondary N) is 1. The molecule has 0 fully saturated rings. The molecular weight excluding hydrogens is 222 g/mol. The summed E-state index contributed by atoms with van der Waals surface area (Å²) >= 11 is 0. The van der Waals surface area contributed by atoms with Gasteiger partial charge in [-0.3, -0.25) is 4.79 Å². The van der Waals surface area contributed by atoms with Gasteiger partial charge >= 0.3 is 5.97 Å². The molecule has 0 saturated carbocycles. The monoisotopic (exact) mass is 237 g/mol. The topological polar surface area (TPSA) is 79.5 Å². The fourth-order valence-electron chi connectivity index (χ4n) is 1.15. The van der Waals surface area contributed by atoms with Crippen molar-refractivity contribution in [1.82, 2.24) is 5.32 Å². The molecule has 1 unspecified atom stereocenters. The molecule has 0 saturated heterocycles. The number of carbonyl (C=O) groups is 2. The molecule has 1 amide bonds. The molecule has 0 aromatic carbocycles. The molecule has 0 spiro atoms. The Balaban J connectivity index is 2.63. The number of hydrogen-bond acceptors (Lipinski definition) is 3. The van der Waals surface area contributed by atoms with Gasteiger partial charge in [0.25, 0.3) is 0 Å². The highest BCUT2D eigenvalue weighted by Crippen LogP contribution is 2.09. The maximum absolute atomic E-state index is 11.5. The van der Waals surface area contributed by atoms with Crippen LogP contribution >= 0.6 is 0 Å². The number of furan rings is 1. The molecule has 92 valence electrons. The number of amides is 1. The maximum Gasteiger partial charge on any atom is 0.329 e. The zero-order valence-electron chi connectivity index (χ0n) is 9.77. The molecule has 1 heterocycles. The van der Waals surface area contributed by atoms with Crippen molar-refractivity contribution in [3.63, 3.8) is 0 Å². The minimum absolute atomic E-state index is 0.308. The van der Waals surface area contributed by atoms with Crippen molar-refractivity contribution in [2.24, 2.45) is 0 Å². The summed E-state index contributed by atoms with van der Waals surface area (Å²) in [6.45, 7) is 3.17. The Morgan fingerprint density at radius 1 is 1.59 bits per heavy atom. The first-order valence-electron chi connectivity index (χ1n) is 5.25. The largest absolute Gasteiger partial charge is 0.480 e. The summed E-state index contributed by atoms with van der Waals surface area (Å²) in [6, 6.07) is 3.39. The first-order valence-corrected chi connectivity index (χ1v) is 5.25. The van der Waals surface area contributed by atoms with Crippen LogP contribution in [0.15, 0.2) is 28.9 Å². The minimum Gasteiger partial charge on any atom is -0.480 e. The molecule has 1 atom stereocenters. The van der Waals surface area contributed by atoms with Crippen molar-refractivity contribution < 1.29 is 19.1 Å². The van der Waals surface area contributed by atoms with Gasteiger partial charge in [-0.1, -0.05) is 6.92 Å². The Kier molecular flexibility index (Phi) is 4.09. The Bertz CT molecular complexity index is 422. The van der Waals surface area contributed by atoms with Crippen LogP contribution in [0.25, 0.3) is 6.08 Å². The Hall–Kier alpha value is -2.04. The minimum atomic E-state index is -1.25. The molecule has 0 bridgehead atoms. The average molecular weight is 237 g/mol. The summed E-state index contributed by atoms with van der Waals surface area (Å²) in [4.78, 5) is 22.5. The SMILES string of the molecule is CCC(C)(NC(=O)C=Cc1ccco1)C(=O)O.